The Kier molecular flexibility index (Phi) is 5.41. The van der Waals surface area contributed by atoms with Crippen LogP contribution in [0.15, 0.2) is 52.7 Å². The van der Waals surface area contributed by atoms with Crippen LogP contribution in [0.4, 0.5) is 35.9 Å². The van der Waals surface area contributed by atoms with Gasteiger partial charge in [0.2, 0.25) is 0 Å². The first-order valence-electron chi connectivity index (χ1n) is 5.60. The summed E-state index contributed by atoms with van der Waals surface area (Å²) in [7, 11) is 0. The maximum Gasteiger partial charge on any atom is 1.00 e. The minimum atomic E-state index is -4.41. The Labute approximate surface area is 132 Å². The maximum absolute atomic E-state index is 12.5. The fourth-order valence-electron chi connectivity index (χ4n) is 1.52. The minimum Gasteiger partial charge on any atom is -1.00 e. The molecule has 0 unspecified atom stereocenters. The largest absolute Gasteiger partial charge is 1.00 e. The number of halogens is 3. The summed E-state index contributed by atoms with van der Waals surface area (Å²) in [5.74, 6) is 0. The van der Waals surface area contributed by atoms with Crippen molar-refractivity contribution in [3.8, 4) is 0 Å². The first-order chi connectivity index (χ1) is 9.36. The van der Waals surface area contributed by atoms with E-state index in [1.807, 2.05) is 0 Å². The average molecular weight is 288 g/mol. The predicted octanol–water partition coefficient (Wildman–Crippen LogP) is 1.40. The fraction of sp³-hybridized carbons (Fsp3) is 0.0769. The van der Waals surface area contributed by atoms with Crippen molar-refractivity contribution >= 4 is 22.7 Å². The van der Waals surface area contributed by atoms with Crippen LogP contribution in [0.3, 0.4) is 0 Å². The molecule has 4 nitrogen and oxygen atoms in total. The summed E-state index contributed by atoms with van der Waals surface area (Å²) >= 11 is 0. The molecule has 0 radical (unpaired) electrons. The second-order valence-corrected chi connectivity index (χ2v) is 4.07. The zero-order valence-electron chi connectivity index (χ0n) is 12.2. The van der Waals surface area contributed by atoms with Crippen LogP contribution in [0.1, 0.15) is 6.99 Å². The zero-order chi connectivity index (χ0) is 14.8. The van der Waals surface area contributed by atoms with Crippen LogP contribution >= 0.6 is 0 Å². The van der Waals surface area contributed by atoms with Gasteiger partial charge in [-0.1, -0.05) is 6.07 Å². The van der Waals surface area contributed by atoms with Crippen LogP contribution in [0.25, 0.3) is 0 Å². The van der Waals surface area contributed by atoms with Crippen LogP contribution in [-0.2, 0) is 6.18 Å². The molecule has 2 aromatic carbocycles. The zero-order valence-corrected chi connectivity index (χ0v) is 11.2. The molecule has 2 aromatic rings. The van der Waals surface area contributed by atoms with Gasteiger partial charge in [-0.05, 0) is 36.4 Å². The Balaban J connectivity index is 0.00000220. The molecule has 0 spiro atoms. The Morgan fingerprint density at radius 1 is 0.952 bits per heavy atom. The van der Waals surface area contributed by atoms with Crippen molar-refractivity contribution < 1.29 is 33.5 Å². The molecule has 4 N–H and O–H groups in total. The number of benzene rings is 2. The summed E-state index contributed by atoms with van der Waals surface area (Å²) in [5.41, 5.74) is 11.6. The van der Waals surface area contributed by atoms with E-state index in [0.717, 1.165) is 12.1 Å². The molecule has 106 valence electrons. The van der Waals surface area contributed by atoms with Gasteiger partial charge in [-0.25, -0.2) is 0 Å². The van der Waals surface area contributed by atoms with Crippen LogP contribution < -0.4 is 30.3 Å². The molecule has 0 heterocycles. The Bertz CT molecular complexity index is 662. The maximum atomic E-state index is 12.5. The molecule has 0 fully saturated rings. The van der Waals surface area contributed by atoms with Crippen molar-refractivity contribution in [1.82, 2.24) is 0 Å². The normalized spacial score (nSPS) is 11.4. The van der Waals surface area contributed by atoms with E-state index in [0.29, 0.717) is 17.1 Å². The van der Waals surface area contributed by atoms with Crippen LogP contribution in [0.2, 0.25) is 0 Å². The van der Waals surface area contributed by atoms with Crippen molar-refractivity contribution in [2.45, 2.75) is 6.18 Å². The molecule has 0 aliphatic heterocycles. The van der Waals surface area contributed by atoms with Gasteiger partial charge in [-0.15, -0.1) is 5.11 Å². The molecule has 2 rings (SSSR count). The Hall–Kier alpha value is -1.97. The SMILES string of the molecule is Nc1ccc(N=Nc2cccc(C(F)(F)F)c2)c(N)c1.[H-].[Li+]. The number of nitrogens with zero attached hydrogens (tertiary/aromatic N) is 2. The molecular weight excluding hydrogens is 276 g/mol. The van der Waals surface area contributed by atoms with E-state index in [1.165, 1.54) is 18.2 Å². The van der Waals surface area contributed by atoms with Crippen LogP contribution in [-0.4, -0.2) is 0 Å². The summed E-state index contributed by atoms with van der Waals surface area (Å²) in [5, 5.41) is 7.56. The van der Waals surface area contributed by atoms with E-state index in [1.54, 1.807) is 12.1 Å². The third kappa shape index (κ3) is 4.51. The first kappa shape index (κ1) is 17.1. The van der Waals surface area contributed by atoms with Crippen molar-refractivity contribution in [1.29, 1.82) is 0 Å². The summed E-state index contributed by atoms with van der Waals surface area (Å²) in [6.45, 7) is 0. The second-order valence-electron chi connectivity index (χ2n) is 4.07. The predicted molar refractivity (Wildman–Crippen MR) is 72.0 cm³/mol. The van der Waals surface area contributed by atoms with Crippen molar-refractivity contribution in [2.24, 2.45) is 10.2 Å². The topological polar surface area (TPSA) is 76.8 Å². The van der Waals surface area contributed by atoms with Gasteiger partial charge in [-0.2, -0.15) is 18.3 Å². The third-order valence-corrected chi connectivity index (χ3v) is 2.50. The van der Waals surface area contributed by atoms with E-state index in [4.69, 9.17) is 11.5 Å². The van der Waals surface area contributed by atoms with Gasteiger partial charge in [0.05, 0.1) is 16.9 Å². The monoisotopic (exact) mass is 288 g/mol. The van der Waals surface area contributed by atoms with Gasteiger partial charge < -0.3 is 12.9 Å². The van der Waals surface area contributed by atoms with E-state index >= 15 is 0 Å². The van der Waals surface area contributed by atoms with Gasteiger partial charge in [-0.3, -0.25) is 0 Å². The van der Waals surface area contributed by atoms with Gasteiger partial charge >= 0.3 is 25.0 Å². The number of nitrogen functional groups attached to an aromatic ring is 2. The molecule has 0 aliphatic carbocycles. The standard InChI is InChI=1S/C13H11F3N4.Li.H/c14-13(15,16)8-2-1-3-10(6-8)19-20-12-5-4-9(17)7-11(12)18;;/h1-7H,17-18H2;;/q;+1;-1. The molecule has 0 amide bonds. The summed E-state index contributed by atoms with van der Waals surface area (Å²) in [6.07, 6.45) is -4.41. The van der Waals surface area contributed by atoms with E-state index in [9.17, 15) is 13.2 Å². The molecule has 0 aliphatic rings. The number of anilines is 2. The fourth-order valence-corrected chi connectivity index (χ4v) is 1.52. The summed E-state index contributed by atoms with van der Waals surface area (Å²) < 4.78 is 37.6. The summed E-state index contributed by atoms with van der Waals surface area (Å²) in [6, 6.07) is 9.20. The quantitative estimate of drug-likeness (QED) is 0.498. The number of hydrogen-bond acceptors (Lipinski definition) is 4. The Morgan fingerprint density at radius 3 is 2.29 bits per heavy atom. The molecule has 0 saturated carbocycles. The van der Waals surface area contributed by atoms with Gasteiger partial charge in [0.1, 0.15) is 5.69 Å². The minimum absolute atomic E-state index is 0. The summed E-state index contributed by atoms with van der Waals surface area (Å²) in [4.78, 5) is 0. The molecule has 0 saturated heterocycles. The van der Waals surface area contributed by atoms with Crippen molar-refractivity contribution in [2.75, 3.05) is 11.5 Å². The van der Waals surface area contributed by atoms with Gasteiger partial charge in [0.25, 0.3) is 0 Å². The average Bonchev–Trinajstić information content (AvgIpc) is 2.37. The van der Waals surface area contributed by atoms with Crippen molar-refractivity contribution in [3.05, 3.63) is 48.0 Å². The molecule has 21 heavy (non-hydrogen) atoms. The Morgan fingerprint density at radius 2 is 1.67 bits per heavy atom. The van der Waals surface area contributed by atoms with Crippen LogP contribution in [0, 0.1) is 0 Å². The number of alkyl halides is 3. The number of azo groups is 1. The number of rotatable bonds is 2. The second kappa shape index (κ2) is 6.65. The smallest absolute Gasteiger partial charge is 1.00 e. The van der Waals surface area contributed by atoms with Crippen LogP contribution in [0.5, 0.6) is 0 Å². The van der Waals surface area contributed by atoms with Gasteiger partial charge in [0, 0.05) is 5.69 Å². The number of nitrogens with two attached hydrogens (primary N) is 2. The number of hydrogen-bond donors (Lipinski definition) is 2. The molecule has 0 bridgehead atoms. The van der Waals surface area contributed by atoms with E-state index in [2.05, 4.69) is 10.2 Å². The molecular formula is C13H12F3LiN4. The van der Waals surface area contributed by atoms with E-state index in [-0.39, 0.29) is 26.0 Å². The van der Waals surface area contributed by atoms with Gasteiger partial charge in [0.15, 0.2) is 0 Å². The molecule has 0 aromatic heterocycles. The van der Waals surface area contributed by atoms with E-state index < -0.39 is 11.7 Å². The third-order valence-electron chi connectivity index (χ3n) is 2.50. The molecule has 8 heteroatoms. The van der Waals surface area contributed by atoms with Crippen molar-refractivity contribution in [3.63, 3.8) is 0 Å². The molecule has 0 atom stereocenters. The first-order valence-corrected chi connectivity index (χ1v) is 5.60.